The monoisotopic (exact) mass is 434 g/mol. The summed E-state index contributed by atoms with van der Waals surface area (Å²) in [7, 11) is 0. The number of nitrogens with one attached hydrogen (secondary N) is 1. The predicted octanol–water partition coefficient (Wildman–Crippen LogP) is 5.26. The van der Waals surface area contributed by atoms with Crippen molar-refractivity contribution in [2.24, 2.45) is 0 Å². The van der Waals surface area contributed by atoms with Gasteiger partial charge in [-0.3, -0.25) is 9.59 Å². The number of benzene rings is 2. The normalized spacial score (nSPS) is 11.7. The van der Waals surface area contributed by atoms with Crippen LogP contribution in [0.2, 0.25) is 10.0 Å². The summed E-state index contributed by atoms with van der Waals surface area (Å²) in [6, 6.07) is 14.1. The number of halogens is 2. The molecule has 0 aliphatic heterocycles. The maximum atomic E-state index is 13.3. The second kappa shape index (κ2) is 11.8. The molecular formula is C23H28Cl2N2O2. The van der Waals surface area contributed by atoms with Gasteiger partial charge in [-0.05, 0) is 36.1 Å². The van der Waals surface area contributed by atoms with Crippen LogP contribution in [0.1, 0.15) is 44.2 Å². The van der Waals surface area contributed by atoms with E-state index >= 15 is 0 Å². The van der Waals surface area contributed by atoms with Gasteiger partial charge in [-0.2, -0.15) is 0 Å². The van der Waals surface area contributed by atoms with Crippen molar-refractivity contribution in [1.29, 1.82) is 0 Å². The Kier molecular flexibility index (Phi) is 9.49. The van der Waals surface area contributed by atoms with Crippen LogP contribution in [0.15, 0.2) is 48.5 Å². The molecule has 29 heavy (non-hydrogen) atoms. The smallest absolute Gasteiger partial charge is 0.242 e. The van der Waals surface area contributed by atoms with E-state index in [0.717, 1.165) is 24.0 Å². The summed E-state index contributed by atoms with van der Waals surface area (Å²) in [6.07, 6.45) is 2.53. The molecule has 2 rings (SSSR count). The van der Waals surface area contributed by atoms with Crippen molar-refractivity contribution in [2.45, 2.75) is 52.1 Å². The highest BCUT2D eigenvalue weighted by Gasteiger charge is 2.29. The van der Waals surface area contributed by atoms with E-state index in [1.165, 1.54) is 0 Å². The quantitative estimate of drug-likeness (QED) is 0.518. The summed E-state index contributed by atoms with van der Waals surface area (Å²) >= 11 is 12.6. The van der Waals surface area contributed by atoms with Crippen molar-refractivity contribution >= 4 is 35.0 Å². The Morgan fingerprint density at radius 1 is 0.966 bits per heavy atom. The van der Waals surface area contributed by atoms with Crippen LogP contribution >= 0.6 is 23.2 Å². The zero-order valence-electron chi connectivity index (χ0n) is 17.0. The Hall–Kier alpha value is -2.04. The van der Waals surface area contributed by atoms with Crippen molar-refractivity contribution in [3.8, 4) is 0 Å². The molecule has 0 radical (unpaired) electrons. The fourth-order valence-corrected chi connectivity index (χ4v) is 3.54. The zero-order chi connectivity index (χ0) is 21.2. The van der Waals surface area contributed by atoms with Gasteiger partial charge in [0.25, 0.3) is 0 Å². The molecule has 0 fully saturated rings. The van der Waals surface area contributed by atoms with E-state index in [2.05, 4.69) is 12.2 Å². The van der Waals surface area contributed by atoms with Crippen LogP contribution in [0.4, 0.5) is 0 Å². The third-order valence-electron chi connectivity index (χ3n) is 4.81. The van der Waals surface area contributed by atoms with Crippen molar-refractivity contribution in [3.63, 3.8) is 0 Å². The third kappa shape index (κ3) is 6.76. The number of rotatable bonds is 10. The number of carbonyl (C=O) groups is 2. The van der Waals surface area contributed by atoms with E-state index in [1.807, 2.05) is 43.3 Å². The topological polar surface area (TPSA) is 49.4 Å². The highest BCUT2D eigenvalue weighted by Crippen LogP contribution is 2.22. The standard InChI is InChI=1S/C23H28Cl2N2O2/c1-3-5-14-26-23(29)21(4-2)27(16-18-11-7-9-13-20(18)25)22(28)15-17-10-6-8-12-19(17)24/h6-13,21H,3-5,14-16H2,1-2H3,(H,26,29). The molecule has 1 atom stereocenters. The second-order valence-corrected chi connectivity index (χ2v) is 7.76. The fraction of sp³-hybridized carbons (Fsp3) is 0.391. The summed E-state index contributed by atoms with van der Waals surface area (Å²) in [5.74, 6) is -0.295. The second-order valence-electron chi connectivity index (χ2n) is 6.95. The first-order valence-electron chi connectivity index (χ1n) is 10.0. The predicted molar refractivity (Wildman–Crippen MR) is 119 cm³/mol. The molecular weight excluding hydrogens is 407 g/mol. The number of nitrogens with zero attached hydrogens (tertiary/aromatic N) is 1. The van der Waals surface area contributed by atoms with Gasteiger partial charge in [-0.25, -0.2) is 0 Å². The first kappa shape index (κ1) is 23.2. The SMILES string of the molecule is CCCCNC(=O)C(CC)N(Cc1ccccc1Cl)C(=O)Cc1ccccc1Cl. The Labute approximate surface area is 183 Å². The minimum Gasteiger partial charge on any atom is -0.354 e. The summed E-state index contributed by atoms with van der Waals surface area (Å²) in [6.45, 7) is 4.85. The molecule has 0 bridgehead atoms. The van der Waals surface area contributed by atoms with Crippen molar-refractivity contribution in [3.05, 3.63) is 69.7 Å². The van der Waals surface area contributed by atoms with Crippen LogP contribution in [-0.4, -0.2) is 29.3 Å². The number of amides is 2. The molecule has 1 unspecified atom stereocenters. The highest BCUT2D eigenvalue weighted by molar-refractivity contribution is 6.31. The molecule has 2 aromatic rings. The van der Waals surface area contributed by atoms with Crippen LogP contribution in [-0.2, 0) is 22.6 Å². The minimum atomic E-state index is -0.571. The van der Waals surface area contributed by atoms with Crippen molar-refractivity contribution < 1.29 is 9.59 Å². The van der Waals surface area contributed by atoms with Gasteiger partial charge in [0.1, 0.15) is 6.04 Å². The van der Waals surface area contributed by atoms with Crippen LogP contribution in [0.25, 0.3) is 0 Å². The van der Waals surface area contributed by atoms with E-state index in [-0.39, 0.29) is 24.8 Å². The molecule has 0 aromatic heterocycles. The lowest BCUT2D eigenvalue weighted by molar-refractivity contribution is -0.140. The summed E-state index contributed by atoms with van der Waals surface area (Å²) in [4.78, 5) is 27.7. The van der Waals surface area contributed by atoms with E-state index in [1.54, 1.807) is 17.0 Å². The van der Waals surface area contributed by atoms with Gasteiger partial charge in [0.15, 0.2) is 0 Å². The van der Waals surface area contributed by atoms with Gasteiger partial charge in [-0.15, -0.1) is 0 Å². The van der Waals surface area contributed by atoms with Crippen LogP contribution in [0.5, 0.6) is 0 Å². The minimum absolute atomic E-state index is 0.128. The fourth-order valence-electron chi connectivity index (χ4n) is 3.14. The zero-order valence-corrected chi connectivity index (χ0v) is 18.5. The van der Waals surface area contributed by atoms with Gasteiger partial charge in [0, 0.05) is 23.1 Å². The molecule has 0 saturated heterocycles. The Morgan fingerprint density at radius 2 is 1.55 bits per heavy atom. The number of hydrogen-bond acceptors (Lipinski definition) is 2. The van der Waals surface area contributed by atoms with E-state index in [4.69, 9.17) is 23.2 Å². The van der Waals surface area contributed by atoms with Crippen LogP contribution in [0.3, 0.4) is 0 Å². The molecule has 2 amide bonds. The van der Waals surface area contributed by atoms with Gasteiger partial charge in [-0.1, -0.05) is 79.9 Å². The summed E-state index contributed by atoms with van der Waals surface area (Å²) in [5, 5.41) is 4.07. The first-order chi connectivity index (χ1) is 14.0. The van der Waals surface area contributed by atoms with Gasteiger partial charge < -0.3 is 10.2 Å². The van der Waals surface area contributed by atoms with Gasteiger partial charge >= 0.3 is 0 Å². The Morgan fingerprint density at radius 3 is 2.10 bits per heavy atom. The molecule has 2 aromatic carbocycles. The van der Waals surface area contributed by atoms with E-state index in [0.29, 0.717) is 23.0 Å². The summed E-state index contributed by atoms with van der Waals surface area (Å²) in [5.41, 5.74) is 1.55. The molecule has 4 nitrogen and oxygen atoms in total. The molecule has 0 saturated carbocycles. The summed E-state index contributed by atoms with van der Waals surface area (Å²) < 4.78 is 0. The third-order valence-corrected chi connectivity index (χ3v) is 5.55. The molecule has 1 N–H and O–H groups in total. The molecule has 6 heteroatoms. The lowest BCUT2D eigenvalue weighted by Crippen LogP contribution is -2.49. The molecule has 0 aliphatic carbocycles. The van der Waals surface area contributed by atoms with E-state index < -0.39 is 6.04 Å². The van der Waals surface area contributed by atoms with Crippen molar-refractivity contribution in [2.75, 3.05) is 6.54 Å². The average molecular weight is 435 g/mol. The Bertz CT molecular complexity index is 826. The lowest BCUT2D eigenvalue weighted by Gasteiger charge is -2.31. The number of hydrogen-bond donors (Lipinski definition) is 1. The van der Waals surface area contributed by atoms with Gasteiger partial charge in [0.05, 0.1) is 6.42 Å². The number of unbranched alkanes of at least 4 members (excludes halogenated alkanes) is 1. The highest BCUT2D eigenvalue weighted by atomic mass is 35.5. The van der Waals surface area contributed by atoms with Gasteiger partial charge in [0.2, 0.25) is 11.8 Å². The largest absolute Gasteiger partial charge is 0.354 e. The maximum absolute atomic E-state index is 13.3. The number of carbonyl (C=O) groups excluding carboxylic acids is 2. The molecule has 156 valence electrons. The van der Waals surface area contributed by atoms with E-state index in [9.17, 15) is 9.59 Å². The molecule has 0 spiro atoms. The lowest BCUT2D eigenvalue weighted by atomic mass is 10.1. The van der Waals surface area contributed by atoms with Crippen LogP contribution < -0.4 is 5.32 Å². The van der Waals surface area contributed by atoms with Crippen LogP contribution in [0, 0.1) is 0 Å². The Balaban J connectivity index is 2.28. The average Bonchev–Trinajstić information content (AvgIpc) is 2.71. The maximum Gasteiger partial charge on any atom is 0.242 e. The molecule has 0 aliphatic rings. The first-order valence-corrected chi connectivity index (χ1v) is 10.8. The van der Waals surface area contributed by atoms with Crippen molar-refractivity contribution in [1.82, 2.24) is 10.2 Å². The molecule has 0 heterocycles.